The molecular formula is C13H9BrF3NO2S. The van der Waals surface area contributed by atoms with Crippen LogP contribution in [-0.4, -0.2) is 8.42 Å². The third kappa shape index (κ3) is 3.21. The molecule has 0 fully saturated rings. The van der Waals surface area contributed by atoms with E-state index in [1.165, 1.54) is 6.07 Å². The molecule has 0 radical (unpaired) electrons. The quantitative estimate of drug-likeness (QED) is 0.819. The van der Waals surface area contributed by atoms with Crippen molar-refractivity contribution in [1.29, 1.82) is 0 Å². The first-order chi connectivity index (χ1) is 9.72. The van der Waals surface area contributed by atoms with Crippen LogP contribution in [0.1, 0.15) is 5.56 Å². The molecule has 0 aliphatic heterocycles. The second kappa shape index (κ2) is 5.69. The van der Waals surface area contributed by atoms with Gasteiger partial charge in [0.25, 0.3) is 10.0 Å². The van der Waals surface area contributed by atoms with E-state index in [9.17, 15) is 21.6 Å². The zero-order valence-corrected chi connectivity index (χ0v) is 13.0. The Bertz CT molecular complexity index is 809. The van der Waals surface area contributed by atoms with Gasteiger partial charge in [0.15, 0.2) is 17.5 Å². The van der Waals surface area contributed by atoms with Gasteiger partial charge in [-0.2, -0.15) is 0 Å². The lowest BCUT2D eigenvalue weighted by atomic mass is 10.2. The predicted octanol–water partition coefficient (Wildman–Crippen LogP) is 3.98. The Kier molecular flexibility index (Phi) is 4.29. The molecule has 0 atom stereocenters. The van der Waals surface area contributed by atoms with Crippen molar-refractivity contribution in [2.24, 2.45) is 0 Å². The number of anilines is 1. The second-order valence-corrected chi connectivity index (χ2v) is 6.77. The number of rotatable bonds is 3. The van der Waals surface area contributed by atoms with Gasteiger partial charge in [0.05, 0.1) is 5.69 Å². The van der Waals surface area contributed by atoms with E-state index in [1.54, 1.807) is 19.1 Å². The van der Waals surface area contributed by atoms with Gasteiger partial charge in [-0.05, 0) is 52.7 Å². The van der Waals surface area contributed by atoms with E-state index in [-0.39, 0.29) is 5.69 Å². The summed E-state index contributed by atoms with van der Waals surface area (Å²) < 4.78 is 66.2. The van der Waals surface area contributed by atoms with Gasteiger partial charge >= 0.3 is 0 Å². The van der Waals surface area contributed by atoms with Gasteiger partial charge < -0.3 is 0 Å². The van der Waals surface area contributed by atoms with Crippen molar-refractivity contribution < 1.29 is 21.6 Å². The highest BCUT2D eigenvalue weighted by atomic mass is 79.9. The maximum atomic E-state index is 13.6. The van der Waals surface area contributed by atoms with Crippen LogP contribution in [0.4, 0.5) is 18.9 Å². The molecular weight excluding hydrogens is 371 g/mol. The van der Waals surface area contributed by atoms with Crippen LogP contribution in [-0.2, 0) is 10.0 Å². The summed E-state index contributed by atoms with van der Waals surface area (Å²) in [5.41, 5.74) is 1.04. The molecule has 0 saturated heterocycles. The molecule has 1 N–H and O–H groups in total. The monoisotopic (exact) mass is 379 g/mol. The summed E-state index contributed by atoms with van der Waals surface area (Å²) >= 11 is 3.16. The minimum atomic E-state index is -4.38. The summed E-state index contributed by atoms with van der Waals surface area (Å²) in [5.74, 6) is -5.05. The summed E-state index contributed by atoms with van der Waals surface area (Å²) in [5, 5.41) is 0. The summed E-state index contributed by atoms with van der Waals surface area (Å²) in [6.07, 6.45) is 0. The van der Waals surface area contributed by atoms with Crippen LogP contribution in [0.3, 0.4) is 0 Å². The third-order valence-electron chi connectivity index (χ3n) is 2.66. The van der Waals surface area contributed by atoms with Crippen molar-refractivity contribution in [2.45, 2.75) is 11.8 Å². The van der Waals surface area contributed by atoms with E-state index in [0.29, 0.717) is 16.6 Å². The fourth-order valence-corrected chi connectivity index (χ4v) is 3.49. The molecule has 0 aliphatic carbocycles. The van der Waals surface area contributed by atoms with Crippen molar-refractivity contribution in [2.75, 3.05) is 4.72 Å². The molecule has 0 aliphatic rings. The third-order valence-corrected chi connectivity index (χ3v) is 4.70. The van der Waals surface area contributed by atoms with Crippen LogP contribution in [0.2, 0.25) is 0 Å². The first-order valence-corrected chi connectivity index (χ1v) is 7.92. The summed E-state index contributed by atoms with van der Waals surface area (Å²) in [6.45, 7) is 1.80. The average Bonchev–Trinajstić information content (AvgIpc) is 2.39. The topological polar surface area (TPSA) is 46.2 Å². The van der Waals surface area contributed by atoms with Gasteiger partial charge in [-0.1, -0.05) is 6.07 Å². The Morgan fingerprint density at radius 2 is 1.71 bits per heavy atom. The summed E-state index contributed by atoms with van der Waals surface area (Å²) in [7, 11) is -4.38. The highest BCUT2D eigenvalue weighted by Gasteiger charge is 2.24. The molecule has 0 bridgehead atoms. The Hall–Kier alpha value is -1.54. The van der Waals surface area contributed by atoms with Crippen LogP contribution in [0.5, 0.6) is 0 Å². The smallest absolute Gasteiger partial charge is 0.264 e. The highest BCUT2D eigenvalue weighted by Crippen LogP contribution is 2.27. The maximum absolute atomic E-state index is 13.6. The van der Waals surface area contributed by atoms with E-state index in [4.69, 9.17) is 0 Å². The number of benzene rings is 2. The predicted molar refractivity (Wildman–Crippen MR) is 76.0 cm³/mol. The molecule has 2 aromatic carbocycles. The second-order valence-electron chi connectivity index (χ2n) is 4.26. The number of hydrogen-bond acceptors (Lipinski definition) is 2. The van der Waals surface area contributed by atoms with E-state index in [0.717, 1.165) is 5.56 Å². The number of nitrogens with one attached hydrogen (secondary N) is 1. The lowest BCUT2D eigenvalue weighted by molar-refractivity contribution is 0.432. The van der Waals surface area contributed by atoms with Gasteiger partial charge in [0.1, 0.15) is 4.90 Å². The van der Waals surface area contributed by atoms with Crippen LogP contribution >= 0.6 is 15.9 Å². The Balaban J connectivity index is 2.46. The Labute approximate surface area is 128 Å². The lowest BCUT2D eigenvalue weighted by Crippen LogP contribution is -2.16. The Morgan fingerprint density at radius 3 is 2.33 bits per heavy atom. The molecule has 21 heavy (non-hydrogen) atoms. The van der Waals surface area contributed by atoms with Gasteiger partial charge in [-0.25, -0.2) is 21.6 Å². The first kappa shape index (κ1) is 15.8. The SMILES string of the molecule is Cc1ccc(NS(=O)(=O)c2ccc(F)c(F)c2F)c(Br)c1. The standard InChI is InChI=1S/C13H9BrF3NO2S/c1-7-2-4-10(8(14)6-7)18-21(19,20)11-5-3-9(15)12(16)13(11)17/h2-6,18H,1H3. The van der Waals surface area contributed by atoms with E-state index in [2.05, 4.69) is 20.7 Å². The van der Waals surface area contributed by atoms with Gasteiger partial charge in [0.2, 0.25) is 0 Å². The number of sulfonamides is 1. The molecule has 0 heterocycles. The average molecular weight is 380 g/mol. The van der Waals surface area contributed by atoms with Gasteiger partial charge in [0, 0.05) is 4.47 Å². The van der Waals surface area contributed by atoms with Gasteiger partial charge in [-0.15, -0.1) is 0 Å². The minimum Gasteiger partial charge on any atom is -0.278 e. The van der Waals surface area contributed by atoms with E-state index in [1.807, 2.05) is 0 Å². The van der Waals surface area contributed by atoms with Crippen molar-refractivity contribution in [1.82, 2.24) is 0 Å². The molecule has 2 rings (SSSR count). The Morgan fingerprint density at radius 1 is 1.05 bits per heavy atom. The highest BCUT2D eigenvalue weighted by molar-refractivity contribution is 9.10. The lowest BCUT2D eigenvalue weighted by Gasteiger charge is -2.11. The first-order valence-electron chi connectivity index (χ1n) is 5.65. The van der Waals surface area contributed by atoms with Crippen LogP contribution in [0, 0.1) is 24.4 Å². The minimum absolute atomic E-state index is 0.157. The molecule has 0 saturated carbocycles. The number of hydrogen-bond donors (Lipinski definition) is 1. The van der Waals surface area contributed by atoms with Crippen molar-refractivity contribution in [3.8, 4) is 0 Å². The van der Waals surface area contributed by atoms with Crippen molar-refractivity contribution in [3.63, 3.8) is 0 Å². The molecule has 3 nitrogen and oxygen atoms in total. The summed E-state index contributed by atoms with van der Waals surface area (Å²) in [4.78, 5) is -0.964. The van der Waals surface area contributed by atoms with Crippen LogP contribution in [0.15, 0.2) is 39.7 Å². The van der Waals surface area contributed by atoms with Crippen LogP contribution in [0.25, 0.3) is 0 Å². The molecule has 0 amide bonds. The maximum Gasteiger partial charge on any atom is 0.264 e. The zero-order valence-electron chi connectivity index (χ0n) is 10.6. The van der Waals surface area contributed by atoms with Crippen molar-refractivity contribution >= 4 is 31.6 Å². The molecule has 8 heteroatoms. The number of aryl methyl sites for hydroxylation is 1. The zero-order chi connectivity index (χ0) is 15.8. The van der Waals surface area contributed by atoms with E-state index >= 15 is 0 Å². The molecule has 0 spiro atoms. The molecule has 0 aromatic heterocycles. The fourth-order valence-electron chi connectivity index (χ4n) is 1.62. The number of halogens is 4. The van der Waals surface area contributed by atoms with E-state index < -0.39 is 32.4 Å². The van der Waals surface area contributed by atoms with Crippen LogP contribution < -0.4 is 4.72 Å². The molecule has 0 unspecified atom stereocenters. The summed E-state index contributed by atoms with van der Waals surface area (Å²) in [6, 6.07) is 5.98. The molecule has 2 aromatic rings. The molecule has 112 valence electrons. The van der Waals surface area contributed by atoms with Crippen molar-refractivity contribution in [3.05, 3.63) is 57.8 Å². The van der Waals surface area contributed by atoms with Gasteiger partial charge in [-0.3, -0.25) is 4.72 Å². The normalized spacial score (nSPS) is 11.5. The largest absolute Gasteiger partial charge is 0.278 e. The fraction of sp³-hybridized carbons (Fsp3) is 0.0769.